The molecule has 0 radical (unpaired) electrons. The lowest BCUT2D eigenvalue weighted by atomic mass is 9.45. The predicted octanol–water partition coefficient (Wildman–Crippen LogP) is 5.91. The fourth-order valence-corrected chi connectivity index (χ4v) is 9.97. The number of halogens is 2. The van der Waals surface area contributed by atoms with Gasteiger partial charge in [0.15, 0.2) is 17.1 Å². The van der Waals surface area contributed by atoms with E-state index in [1.165, 1.54) is 17.7 Å². The van der Waals surface area contributed by atoms with Crippen molar-refractivity contribution in [2.75, 3.05) is 12.6 Å². The molecule has 1 aromatic rings. The summed E-state index contributed by atoms with van der Waals surface area (Å²) in [6, 6.07) is 7.53. The lowest BCUT2D eigenvalue weighted by molar-refractivity contribution is -0.264. The fourth-order valence-electron chi connectivity index (χ4n) is 9.22. The van der Waals surface area contributed by atoms with E-state index in [9.17, 15) is 19.1 Å². The van der Waals surface area contributed by atoms with Gasteiger partial charge in [-0.25, -0.2) is 8.78 Å². The smallest absolute Gasteiger partial charge is 0.226 e. The van der Waals surface area contributed by atoms with Crippen LogP contribution in [-0.2, 0) is 27.4 Å². The number of rotatable bonds is 6. The van der Waals surface area contributed by atoms with E-state index in [2.05, 4.69) is 31.2 Å². The van der Waals surface area contributed by atoms with Crippen molar-refractivity contribution < 1.29 is 28.3 Å². The molecule has 8 atom stereocenters. The SMILES string of the molecule is CCCc1ccc(CN2C[C@@H]3C[C@H]4[C@@H]5CCC6=CC(=O)C=C[C@]6(C)[C@@]5(F)[C@@H](O)C[C@]4(C)[C@]3(C(=O)SCF)O2)cc1. The molecule has 1 N–H and O–H groups in total. The molecule has 5 aliphatic rings. The van der Waals surface area contributed by atoms with Crippen LogP contribution < -0.4 is 0 Å². The van der Waals surface area contributed by atoms with E-state index in [1.54, 1.807) is 13.0 Å². The first-order valence-corrected chi connectivity index (χ1v) is 15.6. The summed E-state index contributed by atoms with van der Waals surface area (Å²) in [5.41, 5.74) is -2.22. The summed E-state index contributed by atoms with van der Waals surface area (Å²) in [6.45, 7) is 6.87. The molecule has 1 saturated heterocycles. The molecular weight excluding hydrogens is 532 g/mol. The van der Waals surface area contributed by atoms with Crippen LogP contribution in [0.25, 0.3) is 0 Å². The number of alkyl halides is 2. The summed E-state index contributed by atoms with van der Waals surface area (Å²) in [5, 5.41) is 13.1. The zero-order valence-corrected chi connectivity index (χ0v) is 24.3. The number of nitrogens with zero attached hydrogens (tertiary/aromatic N) is 1. The maximum Gasteiger partial charge on any atom is 0.226 e. The largest absolute Gasteiger partial charge is 0.390 e. The average Bonchev–Trinajstić information content (AvgIpc) is 3.39. The Morgan fingerprint density at radius 2 is 1.93 bits per heavy atom. The molecule has 0 bridgehead atoms. The molecule has 0 spiro atoms. The van der Waals surface area contributed by atoms with Crippen LogP contribution in [0.15, 0.2) is 48.1 Å². The Morgan fingerprint density at radius 1 is 1.20 bits per heavy atom. The van der Waals surface area contributed by atoms with Gasteiger partial charge in [0.1, 0.15) is 6.01 Å². The van der Waals surface area contributed by atoms with Crippen LogP contribution in [0.4, 0.5) is 8.78 Å². The number of thioether (sulfide) groups is 1. The van der Waals surface area contributed by atoms with Crippen molar-refractivity contribution in [3.63, 3.8) is 0 Å². The number of aliphatic hydroxyl groups excluding tert-OH is 1. The number of aryl methyl sites for hydroxylation is 1. The maximum absolute atomic E-state index is 17.5. The van der Waals surface area contributed by atoms with E-state index >= 15 is 4.39 Å². The van der Waals surface area contributed by atoms with Crippen LogP contribution in [0.1, 0.15) is 64.0 Å². The topological polar surface area (TPSA) is 66.8 Å². The Bertz CT molecular complexity index is 1270. The number of carbonyl (C=O) groups is 2. The van der Waals surface area contributed by atoms with E-state index in [4.69, 9.17) is 4.84 Å². The molecule has 1 aliphatic heterocycles. The van der Waals surface area contributed by atoms with Gasteiger partial charge in [-0.15, -0.1) is 0 Å². The number of hydroxylamine groups is 2. The molecule has 3 saturated carbocycles. The first kappa shape index (κ1) is 28.3. The van der Waals surface area contributed by atoms with Gasteiger partial charge in [0, 0.05) is 35.8 Å². The molecule has 4 fully saturated rings. The molecule has 4 aliphatic carbocycles. The van der Waals surface area contributed by atoms with Crippen molar-refractivity contribution in [1.82, 2.24) is 5.06 Å². The number of hydrogen-bond acceptors (Lipinski definition) is 6. The van der Waals surface area contributed by atoms with E-state index < -0.39 is 40.1 Å². The van der Waals surface area contributed by atoms with Crippen LogP contribution in [0.2, 0.25) is 0 Å². The quantitative estimate of drug-likeness (QED) is 0.458. The van der Waals surface area contributed by atoms with Crippen LogP contribution in [-0.4, -0.2) is 51.0 Å². The molecule has 0 amide bonds. The summed E-state index contributed by atoms with van der Waals surface area (Å²) in [7, 11) is 0. The maximum atomic E-state index is 17.5. The Labute approximate surface area is 239 Å². The molecule has 6 rings (SSSR count). The van der Waals surface area contributed by atoms with Crippen molar-refractivity contribution in [2.45, 2.75) is 83.2 Å². The fraction of sp³-hybridized carbons (Fsp3) is 0.625. The number of carbonyl (C=O) groups excluding carboxylic acids is 2. The van der Waals surface area contributed by atoms with E-state index in [0.717, 1.165) is 24.0 Å². The second-order valence-electron chi connectivity index (χ2n) is 13.0. The molecule has 40 heavy (non-hydrogen) atoms. The van der Waals surface area contributed by atoms with Crippen molar-refractivity contribution in [2.24, 2.45) is 28.6 Å². The van der Waals surface area contributed by atoms with Crippen molar-refractivity contribution >= 4 is 22.7 Å². The highest BCUT2D eigenvalue weighted by atomic mass is 32.2. The van der Waals surface area contributed by atoms with Crippen molar-refractivity contribution in [1.29, 1.82) is 0 Å². The van der Waals surface area contributed by atoms with Gasteiger partial charge in [0.2, 0.25) is 5.12 Å². The summed E-state index contributed by atoms with van der Waals surface area (Å²) < 4.78 is 31.2. The van der Waals surface area contributed by atoms with Gasteiger partial charge in [-0.3, -0.25) is 14.4 Å². The van der Waals surface area contributed by atoms with E-state index in [0.29, 0.717) is 44.1 Å². The Morgan fingerprint density at radius 3 is 2.62 bits per heavy atom. The zero-order chi connectivity index (χ0) is 28.5. The summed E-state index contributed by atoms with van der Waals surface area (Å²) in [4.78, 5) is 32.6. The molecule has 1 aromatic carbocycles. The molecule has 5 nitrogen and oxygen atoms in total. The number of allylic oxidation sites excluding steroid dienone is 4. The van der Waals surface area contributed by atoms with Gasteiger partial charge in [0.05, 0.1) is 6.10 Å². The summed E-state index contributed by atoms with van der Waals surface area (Å²) in [5.74, 6) is -1.14. The number of benzene rings is 1. The van der Waals surface area contributed by atoms with Gasteiger partial charge in [-0.1, -0.05) is 67.9 Å². The predicted molar refractivity (Wildman–Crippen MR) is 150 cm³/mol. The van der Waals surface area contributed by atoms with Gasteiger partial charge >= 0.3 is 0 Å². The molecular formula is C32H39F2NO4S. The molecule has 8 heteroatoms. The highest BCUT2D eigenvalue weighted by Gasteiger charge is 2.79. The lowest BCUT2D eigenvalue weighted by Crippen LogP contribution is -2.69. The van der Waals surface area contributed by atoms with Crippen molar-refractivity contribution in [3.05, 3.63) is 59.2 Å². The second kappa shape index (κ2) is 9.85. The minimum Gasteiger partial charge on any atom is -0.390 e. The third-order valence-electron chi connectivity index (χ3n) is 11.1. The lowest BCUT2D eigenvalue weighted by Gasteiger charge is -2.62. The number of aliphatic hydroxyl groups is 1. The molecule has 0 aromatic heterocycles. The number of hydrogen-bond donors (Lipinski definition) is 1. The van der Waals surface area contributed by atoms with Crippen LogP contribution in [0.5, 0.6) is 0 Å². The highest BCUT2D eigenvalue weighted by Crippen LogP contribution is 2.73. The monoisotopic (exact) mass is 571 g/mol. The van der Waals surface area contributed by atoms with Gasteiger partial charge in [-0.2, -0.15) is 5.06 Å². The molecule has 1 heterocycles. The van der Waals surface area contributed by atoms with Crippen LogP contribution in [0.3, 0.4) is 0 Å². The van der Waals surface area contributed by atoms with Crippen LogP contribution in [0, 0.1) is 28.6 Å². The Balaban J connectivity index is 1.34. The Hall–Kier alpha value is -1.87. The second-order valence-corrected chi connectivity index (χ2v) is 13.8. The van der Waals surface area contributed by atoms with E-state index in [-0.39, 0.29) is 29.2 Å². The average molecular weight is 572 g/mol. The standard InChI is InChI=1S/C32H39F2NO4S/c1-4-5-20-6-8-21(9-7-20)17-35-18-23-15-26-25-11-10-22-14-24(36)12-13-29(22,2)31(25,34)27(37)16-30(26,3)32(23,39-35)28(38)40-19-33/h6-9,12-14,23,25-27,37H,4-5,10-11,15-19H2,1-3H3/t23-,25-,26-,27-,29-,30-,31-,32-/m0/s1. The minimum absolute atomic E-state index is 0.0317. The molecule has 216 valence electrons. The van der Waals surface area contributed by atoms with E-state index in [1.807, 2.05) is 12.0 Å². The minimum atomic E-state index is -1.98. The normalized spacial score (nSPS) is 42.1. The number of fused-ring (bicyclic) bond motifs is 7. The third kappa shape index (κ3) is 3.74. The van der Waals surface area contributed by atoms with Crippen molar-refractivity contribution in [3.8, 4) is 0 Å². The third-order valence-corrected chi connectivity index (χ3v) is 11.8. The summed E-state index contributed by atoms with van der Waals surface area (Å²) in [6.07, 6.45) is 6.95. The van der Waals surface area contributed by atoms with Gasteiger partial charge in [-0.05, 0) is 68.2 Å². The summed E-state index contributed by atoms with van der Waals surface area (Å²) >= 11 is 0.623. The first-order chi connectivity index (χ1) is 19.0. The van der Waals surface area contributed by atoms with Gasteiger partial charge in [0.25, 0.3) is 0 Å². The van der Waals surface area contributed by atoms with Gasteiger partial charge < -0.3 is 5.11 Å². The molecule has 0 unspecified atom stereocenters. The van der Waals surface area contributed by atoms with Crippen LogP contribution >= 0.6 is 11.8 Å². The Kier molecular flexibility index (Phi) is 6.96. The zero-order valence-electron chi connectivity index (χ0n) is 23.5. The number of ketones is 1. The highest BCUT2D eigenvalue weighted by molar-refractivity contribution is 8.13. The first-order valence-electron chi connectivity index (χ1n) is 14.6.